The Labute approximate surface area is 99.8 Å². The third-order valence-corrected chi connectivity index (χ3v) is 3.12. The molecule has 1 aromatic heterocycles. The number of methoxy groups -OCH3 is 1. The number of hydrogen-bond donors (Lipinski definition) is 2. The summed E-state index contributed by atoms with van der Waals surface area (Å²) in [5, 5.41) is 1.10. The van der Waals surface area contributed by atoms with Gasteiger partial charge in [-0.25, -0.2) is 0 Å². The summed E-state index contributed by atoms with van der Waals surface area (Å²) >= 11 is 0. The molecule has 0 aliphatic rings. The van der Waals surface area contributed by atoms with Crippen LogP contribution >= 0.6 is 0 Å². The van der Waals surface area contributed by atoms with Gasteiger partial charge in [-0.3, -0.25) is 4.79 Å². The van der Waals surface area contributed by atoms with Crippen molar-refractivity contribution < 1.29 is 9.53 Å². The first-order valence-electron chi connectivity index (χ1n) is 5.54. The molecule has 1 aromatic carbocycles. The van der Waals surface area contributed by atoms with Crippen LogP contribution in [0.3, 0.4) is 0 Å². The number of aromatic amines is 1. The molecule has 0 saturated heterocycles. The lowest BCUT2D eigenvalue weighted by Gasteiger charge is -2.17. The van der Waals surface area contributed by atoms with E-state index in [-0.39, 0.29) is 11.9 Å². The summed E-state index contributed by atoms with van der Waals surface area (Å²) < 4.78 is 4.67. The molecule has 2 rings (SSSR count). The van der Waals surface area contributed by atoms with Crippen molar-refractivity contribution in [3.8, 4) is 0 Å². The molecule has 0 aliphatic heterocycles. The van der Waals surface area contributed by atoms with Crippen molar-refractivity contribution >= 4 is 16.9 Å². The first-order chi connectivity index (χ1) is 8.15. The second-order valence-electron chi connectivity index (χ2n) is 4.13. The van der Waals surface area contributed by atoms with E-state index in [1.165, 1.54) is 7.11 Å². The molecule has 17 heavy (non-hydrogen) atoms. The number of ether oxygens (including phenoxy) is 1. The van der Waals surface area contributed by atoms with Gasteiger partial charge in [0.15, 0.2) is 0 Å². The molecular weight excluding hydrogens is 216 g/mol. The van der Waals surface area contributed by atoms with Gasteiger partial charge >= 0.3 is 5.97 Å². The zero-order valence-corrected chi connectivity index (χ0v) is 9.94. The number of carbonyl (C=O) groups is 1. The molecule has 0 saturated carbocycles. The first-order valence-corrected chi connectivity index (χ1v) is 5.54. The highest BCUT2D eigenvalue weighted by atomic mass is 16.5. The van der Waals surface area contributed by atoms with Gasteiger partial charge in [0.2, 0.25) is 0 Å². The SMILES string of the molecule is COC(=O)[C@H](N)C(C)c1c[nH]c2ccccc12. The Kier molecular flexibility index (Phi) is 3.15. The third-order valence-electron chi connectivity index (χ3n) is 3.12. The zero-order chi connectivity index (χ0) is 12.4. The van der Waals surface area contributed by atoms with E-state index in [1.54, 1.807) is 0 Å². The minimum Gasteiger partial charge on any atom is -0.468 e. The number of nitrogens with one attached hydrogen (secondary N) is 1. The normalized spacial score (nSPS) is 14.5. The second-order valence-corrected chi connectivity index (χ2v) is 4.13. The molecule has 0 fully saturated rings. The van der Waals surface area contributed by atoms with E-state index < -0.39 is 6.04 Å². The van der Waals surface area contributed by atoms with Crippen molar-refractivity contribution in [2.24, 2.45) is 5.73 Å². The summed E-state index contributed by atoms with van der Waals surface area (Å²) in [5.74, 6) is -0.471. The molecule has 1 unspecified atom stereocenters. The highest BCUT2D eigenvalue weighted by Gasteiger charge is 2.24. The Hall–Kier alpha value is -1.81. The fourth-order valence-corrected chi connectivity index (χ4v) is 2.00. The fraction of sp³-hybridized carbons (Fsp3) is 0.308. The number of para-hydroxylation sites is 1. The van der Waals surface area contributed by atoms with Crippen molar-refractivity contribution in [2.75, 3.05) is 7.11 Å². The molecule has 4 nitrogen and oxygen atoms in total. The largest absolute Gasteiger partial charge is 0.468 e. The average Bonchev–Trinajstić information content (AvgIpc) is 2.79. The number of carbonyl (C=O) groups excluding carboxylic acids is 1. The minimum absolute atomic E-state index is 0.0846. The smallest absolute Gasteiger partial charge is 0.323 e. The molecule has 90 valence electrons. The van der Waals surface area contributed by atoms with Crippen LogP contribution in [-0.2, 0) is 9.53 Å². The maximum absolute atomic E-state index is 11.4. The fourth-order valence-electron chi connectivity index (χ4n) is 2.00. The molecule has 0 amide bonds. The van der Waals surface area contributed by atoms with Gasteiger partial charge in [-0.2, -0.15) is 0 Å². The van der Waals surface area contributed by atoms with Gasteiger partial charge in [0.1, 0.15) is 6.04 Å². The molecule has 1 heterocycles. The number of fused-ring (bicyclic) bond motifs is 1. The molecule has 0 radical (unpaired) electrons. The van der Waals surface area contributed by atoms with Crippen LogP contribution in [0.5, 0.6) is 0 Å². The van der Waals surface area contributed by atoms with E-state index in [9.17, 15) is 4.79 Å². The first kappa shape index (κ1) is 11.7. The van der Waals surface area contributed by atoms with Crippen molar-refractivity contribution in [3.05, 3.63) is 36.0 Å². The predicted octanol–water partition coefficient (Wildman–Crippen LogP) is 1.77. The van der Waals surface area contributed by atoms with Crippen LogP contribution in [0.2, 0.25) is 0 Å². The monoisotopic (exact) mass is 232 g/mol. The van der Waals surface area contributed by atoms with Crippen LogP contribution in [0.1, 0.15) is 18.4 Å². The number of benzene rings is 1. The van der Waals surface area contributed by atoms with Crippen LogP contribution < -0.4 is 5.73 Å². The lowest BCUT2D eigenvalue weighted by atomic mass is 9.93. The zero-order valence-electron chi connectivity index (χ0n) is 9.94. The highest BCUT2D eigenvalue weighted by Crippen LogP contribution is 2.27. The highest BCUT2D eigenvalue weighted by molar-refractivity contribution is 5.85. The van der Waals surface area contributed by atoms with Crippen molar-refractivity contribution in [1.82, 2.24) is 4.98 Å². The number of rotatable bonds is 3. The van der Waals surface area contributed by atoms with E-state index in [2.05, 4.69) is 9.72 Å². The Morgan fingerprint density at radius 3 is 2.82 bits per heavy atom. The van der Waals surface area contributed by atoms with E-state index in [4.69, 9.17) is 5.73 Å². The second kappa shape index (κ2) is 4.59. The summed E-state index contributed by atoms with van der Waals surface area (Å²) in [6.07, 6.45) is 1.90. The maximum atomic E-state index is 11.4. The van der Waals surface area contributed by atoms with E-state index >= 15 is 0 Å². The lowest BCUT2D eigenvalue weighted by Crippen LogP contribution is -2.36. The van der Waals surface area contributed by atoms with Crippen molar-refractivity contribution in [1.29, 1.82) is 0 Å². The van der Waals surface area contributed by atoms with Gasteiger partial charge in [-0.15, -0.1) is 0 Å². The van der Waals surface area contributed by atoms with Gasteiger partial charge in [-0.1, -0.05) is 25.1 Å². The summed E-state index contributed by atoms with van der Waals surface area (Å²) in [6.45, 7) is 1.93. The number of nitrogens with two attached hydrogens (primary N) is 1. The topological polar surface area (TPSA) is 68.1 Å². The maximum Gasteiger partial charge on any atom is 0.323 e. The van der Waals surface area contributed by atoms with Crippen LogP contribution in [0.25, 0.3) is 10.9 Å². The third kappa shape index (κ3) is 2.03. The molecule has 2 atom stereocenters. The van der Waals surface area contributed by atoms with E-state index in [1.807, 2.05) is 37.4 Å². The predicted molar refractivity (Wildman–Crippen MR) is 66.7 cm³/mol. The van der Waals surface area contributed by atoms with Gasteiger partial charge in [0, 0.05) is 23.0 Å². The van der Waals surface area contributed by atoms with Crippen LogP contribution in [0, 0.1) is 0 Å². The average molecular weight is 232 g/mol. The molecule has 0 bridgehead atoms. The molecule has 0 aliphatic carbocycles. The van der Waals surface area contributed by atoms with Gasteiger partial charge < -0.3 is 15.5 Å². The minimum atomic E-state index is -0.640. The number of esters is 1. The van der Waals surface area contributed by atoms with Gasteiger partial charge in [0.25, 0.3) is 0 Å². The lowest BCUT2D eigenvalue weighted by molar-refractivity contribution is -0.142. The number of H-pyrrole nitrogens is 1. The molecule has 4 heteroatoms. The Morgan fingerprint density at radius 2 is 2.12 bits per heavy atom. The number of hydrogen-bond acceptors (Lipinski definition) is 3. The van der Waals surface area contributed by atoms with Crippen molar-refractivity contribution in [2.45, 2.75) is 18.9 Å². The van der Waals surface area contributed by atoms with Crippen molar-refractivity contribution in [3.63, 3.8) is 0 Å². The van der Waals surface area contributed by atoms with Gasteiger partial charge in [-0.05, 0) is 11.6 Å². The number of aromatic nitrogens is 1. The summed E-state index contributed by atoms with van der Waals surface area (Å²) in [4.78, 5) is 14.6. The van der Waals surface area contributed by atoms with Crippen LogP contribution in [-0.4, -0.2) is 24.1 Å². The van der Waals surface area contributed by atoms with E-state index in [0.717, 1.165) is 16.5 Å². The van der Waals surface area contributed by atoms with E-state index in [0.29, 0.717) is 0 Å². The summed E-state index contributed by atoms with van der Waals surface area (Å²) in [6, 6.07) is 7.31. The molecular formula is C13H16N2O2. The quantitative estimate of drug-likeness (QED) is 0.792. The Morgan fingerprint density at radius 1 is 1.41 bits per heavy atom. The molecule has 2 aromatic rings. The van der Waals surface area contributed by atoms with Crippen LogP contribution in [0.15, 0.2) is 30.5 Å². The Balaban J connectivity index is 2.36. The summed E-state index contributed by atoms with van der Waals surface area (Å²) in [5.41, 5.74) is 7.95. The Bertz CT molecular complexity index is 533. The standard InChI is InChI=1S/C13H16N2O2/c1-8(12(14)13(16)17-2)10-7-15-11-6-4-3-5-9(10)11/h3-8,12,15H,14H2,1-2H3/t8?,12-/m1/s1. The van der Waals surface area contributed by atoms with Crippen LogP contribution in [0.4, 0.5) is 0 Å². The summed E-state index contributed by atoms with van der Waals surface area (Å²) in [7, 11) is 1.35. The van der Waals surface area contributed by atoms with Gasteiger partial charge in [0.05, 0.1) is 7.11 Å². The molecule has 0 spiro atoms. The molecule has 3 N–H and O–H groups in total.